The van der Waals surface area contributed by atoms with Crippen LogP contribution in [0.3, 0.4) is 0 Å². The maximum Gasteiger partial charge on any atom is 0.0716 e. The molecule has 4 heteroatoms. The first-order valence-electron chi connectivity index (χ1n) is 6.38. The van der Waals surface area contributed by atoms with Crippen LogP contribution in [-0.2, 0) is 6.54 Å². The van der Waals surface area contributed by atoms with E-state index in [0.29, 0.717) is 6.54 Å². The Morgan fingerprint density at radius 2 is 1.85 bits per heavy atom. The monoisotopic (exact) mass is 269 g/mol. The molecule has 0 bridgehead atoms. The molecule has 4 nitrogen and oxygen atoms in total. The van der Waals surface area contributed by atoms with Crippen LogP contribution in [0, 0.1) is 0 Å². The van der Waals surface area contributed by atoms with Crippen LogP contribution >= 0.6 is 0 Å². The summed E-state index contributed by atoms with van der Waals surface area (Å²) in [5.41, 5.74) is 3.23. The normalized spacial score (nSPS) is 10.1. The minimum absolute atomic E-state index is 0.179. The second-order valence-corrected chi connectivity index (χ2v) is 4.78. The van der Waals surface area contributed by atoms with Crippen LogP contribution in [0.4, 0.5) is 11.4 Å². The van der Waals surface area contributed by atoms with Crippen molar-refractivity contribution in [1.82, 2.24) is 0 Å². The van der Waals surface area contributed by atoms with Gasteiger partial charge in [0.1, 0.15) is 0 Å². The molecule has 2 rings (SSSR count). The van der Waals surface area contributed by atoms with Gasteiger partial charge in [-0.1, -0.05) is 24.3 Å². The van der Waals surface area contributed by atoms with Crippen molar-refractivity contribution in [3.05, 3.63) is 59.7 Å². The molecular weight excluding hydrogens is 252 g/mol. The largest absolute Gasteiger partial charge is 0.545 e. The predicted molar refractivity (Wildman–Crippen MR) is 78.9 cm³/mol. The maximum atomic E-state index is 10.8. The number of nitrogens with one attached hydrogen (secondary N) is 1. The van der Waals surface area contributed by atoms with Gasteiger partial charge < -0.3 is 20.1 Å². The molecule has 104 valence electrons. The number of anilines is 2. The number of aromatic carboxylic acids is 1. The molecule has 0 amide bonds. The topological polar surface area (TPSA) is 55.4 Å². The van der Waals surface area contributed by atoms with E-state index in [9.17, 15) is 9.90 Å². The zero-order valence-corrected chi connectivity index (χ0v) is 11.6. The van der Waals surface area contributed by atoms with E-state index < -0.39 is 5.97 Å². The van der Waals surface area contributed by atoms with E-state index in [0.717, 1.165) is 16.9 Å². The summed E-state index contributed by atoms with van der Waals surface area (Å²) in [6.45, 7) is 0.643. The van der Waals surface area contributed by atoms with Crippen molar-refractivity contribution in [2.24, 2.45) is 0 Å². The van der Waals surface area contributed by atoms with Crippen LogP contribution in [0.25, 0.3) is 0 Å². The highest BCUT2D eigenvalue weighted by atomic mass is 16.4. The van der Waals surface area contributed by atoms with Crippen molar-refractivity contribution in [2.75, 3.05) is 24.3 Å². The first kappa shape index (κ1) is 13.9. The van der Waals surface area contributed by atoms with Gasteiger partial charge in [0.15, 0.2) is 0 Å². The van der Waals surface area contributed by atoms with Crippen molar-refractivity contribution in [3.63, 3.8) is 0 Å². The molecule has 0 aliphatic heterocycles. The van der Waals surface area contributed by atoms with E-state index in [1.807, 2.05) is 37.2 Å². The van der Waals surface area contributed by atoms with Crippen molar-refractivity contribution in [1.29, 1.82) is 0 Å². The predicted octanol–water partition coefficient (Wildman–Crippen LogP) is 1.73. The van der Waals surface area contributed by atoms with E-state index in [1.54, 1.807) is 12.1 Å². The van der Waals surface area contributed by atoms with Crippen molar-refractivity contribution < 1.29 is 9.90 Å². The first-order valence-corrected chi connectivity index (χ1v) is 6.38. The Balaban J connectivity index is 2.01. The Labute approximate surface area is 118 Å². The lowest BCUT2D eigenvalue weighted by molar-refractivity contribution is -0.255. The molecule has 2 aromatic carbocycles. The average Bonchev–Trinajstić information content (AvgIpc) is 2.46. The number of hydrogen-bond donors (Lipinski definition) is 1. The van der Waals surface area contributed by atoms with Crippen LogP contribution in [0.1, 0.15) is 15.9 Å². The lowest BCUT2D eigenvalue weighted by Gasteiger charge is -2.13. The fourth-order valence-electron chi connectivity index (χ4n) is 1.87. The van der Waals surface area contributed by atoms with Gasteiger partial charge in [-0.05, 0) is 35.4 Å². The SMILES string of the molecule is CN(C)c1ccc(CNc2cccc(C(=O)[O-])c2)cc1. The van der Waals surface area contributed by atoms with E-state index in [-0.39, 0.29) is 5.56 Å². The van der Waals surface area contributed by atoms with Gasteiger partial charge in [0, 0.05) is 32.0 Å². The van der Waals surface area contributed by atoms with Crippen LogP contribution < -0.4 is 15.3 Å². The van der Waals surface area contributed by atoms with E-state index in [2.05, 4.69) is 17.4 Å². The molecule has 0 aromatic heterocycles. The third-order valence-corrected chi connectivity index (χ3v) is 3.05. The quantitative estimate of drug-likeness (QED) is 0.898. The number of rotatable bonds is 5. The van der Waals surface area contributed by atoms with Gasteiger partial charge in [-0.25, -0.2) is 0 Å². The summed E-state index contributed by atoms with van der Waals surface area (Å²) in [5.74, 6) is -1.16. The highest BCUT2D eigenvalue weighted by molar-refractivity contribution is 5.87. The van der Waals surface area contributed by atoms with Crippen molar-refractivity contribution in [2.45, 2.75) is 6.54 Å². The zero-order valence-electron chi connectivity index (χ0n) is 11.6. The van der Waals surface area contributed by atoms with E-state index in [1.165, 1.54) is 6.07 Å². The van der Waals surface area contributed by atoms with Gasteiger partial charge in [-0.15, -0.1) is 0 Å². The van der Waals surface area contributed by atoms with Gasteiger partial charge in [0.2, 0.25) is 0 Å². The zero-order chi connectivity index (χ0) is 14.5. The van der Waals surface area contributed by atoms with Gasteiger partial charge in [0.25, 0.3) is 0 Å². The second-order valence-electron chi connectivity index (χ2n) is 4.78. The number of carbonyl (C=O) groups is 1. The highest BCUT2D eigenvalue weighted by Gasteiger charge is 1.99. The number of nitrogens with zero attached hydrogens (tertiary/aromatic N) is 1. The third kappa shape index (κ3) is 3.51. The number of hydrogen-bond acceptors (Lipinski definition) is 4. The standard InChI is InChI=1S/C16H18N2O2/c1-18(2)15-8-6-12(7-9-15)11-17-14-5-3-4-13(10-14)16(19)20/h3-10,17H,11H2,1-2H3,(H,19,20)/p-1. The molecule has 0 unspecified atom stereocenters. The Morgan fingerprint density at radius 3 is 2.45 bits per heavy atom. The van der Waals surface area contributed by atoms with Crippen LogP contribution in [0.5, 0.6) is 0 Å². The maximum absolute atomic E-state index is 10.8. The lowest BCUT2D eigenvalue weighted by Crippen LogP contribution is -2.22. The Bertz CT molecular complexity index is 592. The van der Waals surface area contributed by atoms with Gasteiger partial charge >= 0.3 is 0 Å². The molecule has 0 saturated carbocycles. The molecular formula is C16H17N2O2-. The molecule has 0 spiro atoms. The Morgan fingerprint density at radius 1 is 1.15 bits per heavy atom. The summed E-state index contributed by atoms with van der Waals surface area (Å²) >= 11 is 0. The molecule has 0 fully saturated rings. The Kier molecular flexibility index (Phi) is 4.25. The summed E-state index contributed by atoms with van der Waals surface area (Å²) < 4.78 is 0. The molecule has 0 saturated heterocycles. The van der Waals surface area contributed by atoms with Crippen molar-refractivity contribution >= 4 is 17.3 Å². The average molecular weight is 269 g/mol. The molecule has 1 N–H and O–H groups in total. The van der Waals surface area contributed by atoms with Crippen molar-refractivity contribution in [3.8, 4) is 0 Å². The summed E-state index contributed by atoms with van der Waals surface area (Å²) in [7, 11) is 4.00. The first-order chi connectivity index (χ1) is 9.56. The summed E-state index contributed by atoms with van der Waals surface area (Å²) in [5, 5.41) is 14.0. The van der Waals surface area contributed by atoms with Crippen LogP contribution in [-0.4, -0.2) is 20.1 Å². The van der Waals surface area contributed by atoms with Crippen LogP contribution in [0.2, 0.25) is 0 Å². The molecule has 0 heterocycles. The summed E-state index contributed by atoms with van der Waals surface area (Å²) in [4.78, 5) is 12.8. The molecule has 0 radical (unpaired) electrons. The molecule has 0 aliphatic rings. The third-order valence-electron chi connectivity index (χ3n) is 3.05. The van der Waals surface area contributed by atoms with E-state index in [4.69, 9.17) is 0 Å². The minimum Gasteiger partial charge on any atom is -0.545 e. The smallest absolute Gasteiger partial charge is 0.0716 e. The van der Waals surface area contributed by atoms with E-state index >= 15 is 0 Å². The molecule has 20 heavy (non-hydrogen) atoms. The van der Waals surface area contributed by atoms with Crippen LogP contribution in [0.15, 0.2) is 48.5 Å². The number of carbonyl (C=O) groups excluding carboxylic acids is 1. The molecule has 0 atom stereocenters. The highest BCUT2D eigenvalue weighted by Crippen LogP contribution is 2.15. The Hall–Kier alpha value is -2.49. The summed E-state index contributed by atoms with van der Waals surface area (Å²) in [6, 6.07) is 14.8. The molecule has 2 aromatic rings. The minimum atomic E-state index is -1.16. The molecule has 0 aliphatic carbocycles. The fraction of sp³-hybridized carbons (Fsp3) is 0.188. The number of benzene rings is 2. The number of carboxylic acid groups (broad SMARTS) is 1. The lowest BCUT2D eigenvalue weighted by atomic mass is 10.1. The second kappa shape index (κ2) is 6.10. The summed E-state index contributed by atoms with van der Waals surface area (Å²) in [6.07, 6.45) is 0. The fourth-order valence-corrected chi connectivity index (χ4v) is 1.87. The number of carboxylic acids is 1. The van der Waals surface area contributed by atoms with Gasteiger partial charge in [0.05, 0.1) is 5.97 Å². The van der Waals surface area contributed by atoms with Gasteiger partial charge in [-0.2, -0.15) is 0 Å². The van der Waals surface area contributed by atoms with Gasteiger partial charge in [-0.3, -0.25) is 0 Å².